The Labute approximate surface area is 91.2 Å². The predicted octanol–water partition coefficient (Wildman–Crippen LogP) is 1.86. The first kappa shape index (κ1) is 10.2. The molecule has 2 heterocycles. The number of ketones is 1. The first-order valence-electron chi connectivity index (χ1n) is 4.65. The Bertz CT molecular complexity index is 558. The molecule has 2 aromatic rings. The fourth-order valence-electron chi connectivity index (χ4n) is 1.29. The molecule has 80 valence electrons. The zero-order valence-corrected chi connectivity index (χ0v) is 8.40. The molecule has 0 amide bonds. The van der Waals surface area contributed by atoms with Crippen molar-refractivity contribution in [3.05, 3.63) is 65.0 Å². The van der Waals surface area contributed by atoms with E-state index in [0.717, 1.165) is 0 Å². The van der Waals surface area contributed by atoms with Crippen molar-refractivity contribution in [2.45, 2.75) is 0 Å². The van der Waals surface area contributed by atoms with E-state index in [1.807, 2.05) is 0 Å². The van der Waals surface area contributed by atoms with Gasteiger partial charge in [0.2, 0.25) is 11.3 Å². The molecule has 16 heavy (non-hydrogen) atoms. The highest BCUT2D eigenvalue weighted by molar-refractivity contribution is 6.27. The van der Waals surface area contributed by atoms with Gasteiger partial charge < -0.3 is 9.40 Å². The lowest BCUT2D eigenvalue weighted by atomic mass is 10.0. The first-order chi connectivity index (χ1) is 7.68. The van der Waals surface area contributed by atoms with E-state index in [1.54, 1.807) is 18.2 Å². The highest BCUT2D eigenvalue weighted by atomic mass is 16.3. The molecule has 0 aliphatic heterocycles. The Balaban J connectivity index is 2.29. The molecule has 2 rings (SSSR count). The number of carbonyl (C=O) groups excluding carboxylic acids is 1. The van der Waals surface area contributed by atoms with E-state index < -0.39 is 0 Å². The SMILES string of the molecule is C=C(C(=O)c1ccco1)c1ccc(=O)[nH]c1. The fourth-order valence-corrected chi connectivity index (χ4v) is 1.29. The molecule has 0 spiro atoms. The number of pyridine rings is 1. The maximum Gasteiger partial charge on any atom is 0.247 e. The highest BCUT2D eigenvalue weighted by Crippen LogP contribution is 2.16. The lowest BCUT2D eigenvalue weighted by Crippen LogP contribution is -2.06. The number of rotatable bonds is 3. The van der Waals surface area contributed by atoms with Gasteiger partial charge in [0.05, 0.1) is 6.26 Å². The van der Waals surface area contributed by atoms with E-state index in [4.69, 9.17) is 4.42 Å². The van der Waals surface area contributed by atoms with Crippen LogP contribution in [0.2, 0.25) is 0 Å². The van der Waals surface area contributed by atoms with Crippen LogP contribution in [0, 0.1) is 0 Å². The molecule has 4 heteroatoms. The average molecular weight is 215 g/mol. The van der Waals surface area contributed by atoms with Crippen molar-refractivity contribution in [3.8, 4) is 0 Å². The summed E-state index contributed by atoms with van der Waals surface area (Å²) in [6.45, 7) is 3.68. The van der Waals surface area contributed by atoms with Gasteiger partial charge in [0, 0.05) is 23.4 Å². The van der Waals surface area contributed by atoms with Crippen molar-refractivity contribution in [2.24, 2.45) is 0 Å². The summed E-state index contributed by atoms with van der Waals surface area (Å²) in [6, 6.07) is 6.09. The second-order valence-corrected chi connectivity index (χ2v) is 3.23. The quantitative estimate of drug-likeness (QED) is 0.627. The summed E-state index contributed by atoms with van der Waals surface area (Å²) < 4.78 is 4.98. The second-order valence-electron chi connectivity index (χ2n) is 3.23. The maximum atomic E-state index is 11.8. The Kier molecular flexibility index (Phi) is 2.55. The predicted molar refractivity (Wildman–Crippen MR) is 59.1 cm³/mol. The van der Waals surface area contributed by atoms with Crippen molar-refractivity contribution in [3.63, 3.8) is 0 Å². The number of allylic oxidation sites excluding steroid dienone is 1. The van der Waals surface area contributed by atoms with Crippen LogP contribution in [0.5, 0.6) is 0 Å². The Hall–Kier alpha value is -2.36. The summed E-state index contributed by atoms with van der Waals surface area (Å²) in [6.07, 6.45) is 2.87. The van der Waals surface area contributed by atoms with Gasteiger partial charge in [0.25, 0.3) is 0 Å². The zero-order valence-electron chi connectivity index (χ0n) is 8.40. The summed E-state index contributed by atoms with van der Waals surface area (Å²) in [4.78, 5) is 25.1. The van der Waals surface area contributed by atoms with Crippen molar-refractivity contribution in [1.82, 2.24) is 4.98 Å². The Morgan fingerprint density at radius 2 is 2.12 bits per heavy atom. The largest absolute Gasteiger partial charge is 0.461 e. The van der Waals surface area contributed by atoms with E-state index in [0.29, 0.717) is 5.56 Å². The van der Waals surface area contributed by atoms with Gasteiger partial charge in [-0.3, -0.25) is 9.59 Å². The molecule has 0 saturated heterocycles. The van der Waals surface area contributed by atoms with Crippen LogP contribution in [0.3, 0.4) is 0 Å². The lowest BCUT2D eigenvalue weighted by Gasteiger charge is -2.01. The second kappa shape index (κ2) is 4.02. The molecule has 0 aromatic carbocycles. The van der Waals surface area contributed by atoms with E-state index in [1.165, 1.54) is 18.5 Å². The van der Waals surface area contributed by atoms with Gasteiger partial charge in [-0.05, 0) is 18.2 Å². The standard InChI is InChI=1S/C12H9NO3/c1-8(9-4-5-11(14)13-7-9)12(15)10-3-2-6-16-10/h2-7H,1H2,(H,13,14). The average Bonchev–Trinajstić information content (AvgIpc) is 2.81. The minimum absolute atomic E-state index is 0.220. The fraction of sp³-hybridized carbons (Fsp3) is 0. The number of aromatic nitrogens is 1. The lowest BCUT2D eigenvalue weighted by molar-refractivity contribution is 0.103. The summed E-state index contributed by atoms with van der Waals surface area (Å²) >= 11 is 0. The third kappa shape index (κ3) is 1.86. The van der Waals surface area contributed by atoms with Gasteiger partial charge in [-0.1, -0.05) is 6.58 Å². The van der Waals surface area contributed by atoms with E-state index in [2.05, 4.69) is 11.6 Å². The molecule has 0 saturated carbocycles. The minimum Gasteiger partial charge on any atom is -0.461 e. The van der Waals surface area contributed by atoms with Crippen LogP contribution in [0.15, 0.2) is 52.5 Å². The number of hydrogen-bond donors (Lipinski definition) is 1. The molecule has 0 aliphatic carbocycles. The number of nitrogens with one attached hydrogen (secondary N) is 1. The Morgan fingerprint density at radius 3 is 2.69 bits per heavy atom. The molecular weight excluding hydrogens is 206 g/mol. The number of furan rings is 1. The molecule has 0 radical (unpaired) electrons. The van der Waals surface area contributed by atoms with Gasteiger partial charge in [0.15, 0.2) is 5.76 Å². The molecular formula is C12H9NO3. The molecule has 4 nitrogen and oxygen atoms in total. The van der Waals surface area contributed by atoms with Gasteiger partial charge in [-0.15, -0.1) is 0 Å². The smallest absolute Gasteiger partial charge is 0.247 e. The van der Waals surface area contributed by atoms with Gasteiger partial charge in [-0.25, -0.2) is 0 Å². The zero-order chi connectivity index (χ0) is 11.5. The van der Waals surface area contributed by atoms with Gasteiger partial charge in [-0.2, -0.15) is 0 Å². The summed E-state index contributed by atoms with van der Waals surface area (Å²) in [5, 5.41) is 0. The number of H-pyrrole nitrogens is 1. The van der Waals surface area contributed by atoms with E-state index in [-0.39, 0.29) is 22.7 Å². The van der Waals surface area contributed by atoms with E-state index >= 15 is 0 Å². The van der Waals surface area contributed by atoms with Gasteiger partial charge in [0.1, 0.15) is 0 Å². The third-order valence-electron chi connectivity index (χ3n) is 2.15. The van der Waals surface area contributed by atoms with E-state index in [9.17, 15) is 9.59 Å². The normalized spacial score (nSPS) is 10.0. The highest BCUT2D eigenvalue weighted by Gasteiger charge is 2.14. The van der Waals surface area contributed by atoms with Crippen LogP contribution in [0.4, 0.5) is 0 Å². The maximum absolute atomic E-state index is 11.8. The monoisotopic (exact) mass is 215 g/mol. The summed E-state index contributed by atoms with van der Waals surface area (Å²) in [5.41, 5.74) is 0.634. The number of hydrogen-bond acceptors (Lipinski definition) is 3. The number of Topliss-reactive ketones (excluding diaryl/α,β-unsaturated/α-hetero) is 1. The minimum atomic E-state index is -0.294. The van der Waals surface area contributed by atoms with Crippen LogP contribution in [0.25, 0.3) is 5.57 Å². The van der Waals surface area contributed by atoms with Crippen molar-refractivity contribution in [2.75, 3.05) is 0 Å². The molecule has 0 fully saturated rings. The van der Waals surface area contributed by atoms with Gasteiger partial charge >= 0.3 is 0 Å². The molecule has 0 bridgehead atoms. The van der Waals surface area contributed by atoms with Crippen LogP contribution in [-0.2, 0) is 0 Å². The molecule has 1 N–H and O–H groups in total. The van der Waals surface area contributed by atoms with Crippen LogP contribution in [-0.4, -0.2) is 10.8 Å². The van der Waals surface area contributed by atoms with Crippen LogP contribution < -0.4 is 5.56 Å². The molecule has 0 unspecified atom stereocenters. The Morgan fingerprint density at radius 1 is 1.31 bits per heavy atom. The molecule has 0 atom stereocenters. The third-order valence-corrected chi connectivity index (χ3v) is 2.15. The van der Waals surface area contributed by atoms with Crippen molar-refractivity contribution >= 4 is 11.4 Å². The first-order valence-corrected chi connectivity index (χ1v) is 4.65. The topological polar surface area (TPSA) is 63.1 Å². The summed E-state index contributed by atoms with van der Waals surface area (Å²) in [7, 11) is 0. The van der Waals surface area contributed by atoms with Crippen molar-refractivity contribution in [1.29, 1.82) is 0 Å². The summed E-state index contributed by atoms with van der Waals surface area (Å²) in [5.74, 6) is -0.0618. The van der Waals surface area contributed by atoms with Crippen LogP contribution >= 0.6 is 0 Å². The number of aromatic amines is 1. The molecule has 0 aliphatic rings. The van der Waals surface area contributed by atoms with Crippen molar-refractivity contribution < 1.29 is 9.21 Å². The van der Waals surface area contributed by atoms with Crippen LogP contribution in [0.1, 0.15) is 16.1 Å². The number of carbonyl (C=O) groups is 1. The molecule has 2 aromatic heterocycles.